The highest BCUT2D eigenvalue weighted by molar-refractivity contribution is 6.31. The fraction of sp³-hybridized carbons (Fsp3) is 0.400. The zero-order valence-corrected chi connectivity index (χ0v) is 16.5. The minimum absolute atomic E-state index is 0.0311. The number of carbonyl (C=O) groups is 1. The molecule has 2 aromatic heterocycles. The highest BCUT2D eigenvalue weighted by Crippen LogP contribution is 2.23. The number of aromatic nitrogens is 4. The molecule has 28 heavy (non-hydrogen) atoms. The van der Waals surface area contributed by atoms with E-state index in [1.165, 1.54) is 0 Å². The van der Waals surface area contributed by atoms with Gasteiger partial charge in [-0.3, -0.25) is 4.79 Å². The molecule has 8 heteroatoms. The van der Waals surface area contributed by atoms with Crippen molar-refractivity contribution >= 4 is 29.0 Å². The predicted molar refractivity (Wildman–Crippen MR) is 108 cm³/mol. The van der Waals surface area contributed by atoms with Crippen molar-refractivity contribution in [1.82, 2.24) is 25.1 Å². The van der Waals surface area contributed by atoms with Crippen LogP contribution in [0.4, 0.5) is 5.82 Å². The summed E-state index contributed by atoms with van der Waals surface area (Å²) in [7, 11) is 0. The lowest BCUT2D eigenvalue weighted by atomic mass is 9.95. The number of nitrogens with one attached hydrogen (secondary N) is 1. The molecule has 1 saturated heterocycles. The van der Waals surface area contributed by atoms with Crippen LogP contribution in [-0.2, 0) is 11.2 Å². The topological polar surface area (TPSA) is 75.4 Å². The second-order valence-corrected chi connectivity index (χ2v) is 7.70. The maximum absolute atomic E-state index is 12.7. The van der Waals surface area contributed by atoms with Gasteiger partial charge in [0.25, 0.3) is 0 Å². The Kier molecular flexibility index (Phi) is 5.43. The molecule has 0 saturated carbocycles. The average molecular weight is 399 g/mol. The number of piperidine rings is 1. The number of hydrogen-bond acceptors (Lipinski definition) is 5. The highest BCUT2D eigenvalue weighted by Gasteiger charge is 2.26. The minimum Gasteiger partial charge on any atom is -0.355 e. The summed E-state index contributed by atoms with van der Waals surface area (Å²) < 4.78 is 1.67. The quantitative estimate of drug-likeness (QED) is 0.715. The van der Waals surface area contributed by atoms with Crippen molar-refractivity contribution in [2.75, 3.05) is 18.0 Å². The maximum atomic E-state index is 12.7. The molecule has 0 unspecified atom stereocenters. The Labute approximate surface area is 168 Å². The highest BCUT2D eigenvalue weighted by atomic mass is 35.5. The van der Waals surface area contributed by atoms with Crippen molar-refractivity contribution in [3.05, 3.63) is 53.3 Å². The Balaban J connectivity index is 1.30. The molecule has 1 atom stereocenters. The van der Waals surface area contributed by atoms with Gasteiger partial charge in [0.2, 0.25) is 5.91 Å². The fourth-order valence-electron chi connectivity index (χ4n) is 3.66. The average Bonchev–Trinajstić information content (AvgIpc) is 3.17. The number of anilines is 1. The van der Waals surface area contributed by atoms with Gasteiger partial charge in [-0.15, -0.1) is 15.3 Å². The summed E-state index contributed by atoms with van der Waals surface area (Å²) in [4.78, 5) is 14.9. The van der Waals surface area contributed by atoms with E-state index in [1.807, 2.05) is 43.3 Å². The van der Waals surface area contributed by atoms with Crippen LogP contribution in [0.15, 0.2) is 42.7 Å². The van der Waals surface area contributed by atoms with Gasteiger partial charge in [0.1, 0.15) is 12.1 Å². The SMILES string of the molecule is C[C@H](Cc1ccccc1Cl)NC(=O)C1CCN(c2ccc3nncn3n2)CC1. The Bertz CT molecular complexity index is 966. The van der Waals surface area contributed by atoms with E-state index in [0.717, 1.165) is 54.4 Å². The molecule has 1 amide bonds. The molecule has 0 aliphatic carbocycles. The van der Waals surface area contributed by atoms with Crippen molar-refractivity contribution in [2.24, 2.45) is 5.92 Å². The molecule has 1 aliphatic heterocycles. The molecular formula is C20H23ClN6O. The smallest absolute Gasteiger partial charge is 0.223 e. The Morgan fingerprint density at radius 3 is 2.82 bits per heavy atom. The van der Waals surface area contributed by atoms with Gasteiger partial charge in [-0.1, -0.05) is 29.8 Å². The fourth-order valence-corrected chi connectivity index (χ4v) is 3.88. The molecule has 1 aromatic carbocycles. The van der Waals surface area contributed by atoms with Crippen molar-refractivity contribution in [3.63, 3.8) is 0 Å². The van der Waals surface area contributed by atoms with Gasteiger partial charge in [0, 0.05) is 30.1 Å². The molecule has 3 aromatic rings. The first-order chi connectivity index (χ1) is 13.6. The van der Waals surface area contributed by atoms with Gasteiger partial charge in [0.05, 0.1) is 0 Å². The number of amides is 1. The van der Waals surface area contributed by atoms with Gasteiger partial charge < -0.3 is 10.2 Å². The Hall–Kier alpha value is -2.67. The molecular weight excluding hydrogens is 376 g/mol. The van der Waals surface area contributed by atoms with Crippen LogP contribution < -0.4 is 10.2 Å². The van der Waals surface area contributed by atoms with Crippen LogP contribution in [0.25, 0.3) is 5.65 Å². The number of nitrogens with zero attached hydrogens (tertiary/aromatic N) is 5. The molecule has 3 heterocycles. The molecule has 0 bridgehead atoms. The van der Waals surface area contributed by atoms with Crippen LogP contribution in [0, 0.1) is 5.92 Å². The number of halogens is 1. The van der Waals surface area contributed by atoms with Crippen molar-refractivity contribution in [2.45, 2.75) is 32.2 Å². The lowest BCUT2D eigenvalue weighted by Gasteiger charge is -2.32. The third kappa shape index (κ3) is 4.09. The molecule has 1 fully saturated rings. The van der Waals surface area contributed by atoms with Crippen molar-refractivity contribution in [1.29, 1.82) is 0 Å². The summed E-state index contributed by atoms with van der Waals surface area (Å²) in [5, 5.41) is 16.3. The van der Waals surface area contributed by atoms with Crippen LogP contribution in [0.3, 0.4) is 0 Å². The lowest BCUT2D eigenvalue weighted by Crippen LogP contribution is -2.44. The van der Waals surface area contributed by atoms with E-state index in [2.05, 4.69) is 25.5 Å². The first-order valence-electron chi connectivity index (χ1n) is 9.56. The molecule has 146 valence electrons. The maximum Gasteiger partial charge on any atom is 0.223 e. The third-order valence-corrected chi connectivity index (χ3v) is 5.58. The normalized spacial score (nSPS) is 16.3. The van der Waals surface area contributed by atoms with Crippen LogP contribution >= 0.6 is 11.6 Å². The Morgan fingerprint density at radius 2 is 2.04 bits per heavy atom. The second kappa shape index (κ2) is 8.14. The van der Waals surface area contributed by atoms with Crippen LogP contribution in [0.1, 0.15) is 25.3 Å². The Morgan fingerprint density at radius 1 is 1.25 bits per heavy atom. The molecule has 1 aliphatic rings. The summed E-state index contributed by atoms with van der Waals surface area (Å²) in [5.74, 6) is 1.04. The van der Waals surface area contributed by atoms with Crippen LogP contribution in [-0.4, -0.2) is 44.8 Å². The lowest BCUT2D eigenvalue weighted by molar-refractivity contribution is -0.126. The predicted octanol–water partition coefficient (Wildman–Crippen LogP) is 2.74. The molecule has 0 spiro atoms. The number of rotatable bonds is 5. The van der Waals surface area contributed by atoms with E-state index >= 15 is 0 Å². The van der Waals surface area contributed by atoms with E-state index < -0.39 is 0 Å². The zero-order chi connectivity index (χ0) is 19.5. The van der Waals surface area contributed by atoms with E-state index in [1.54, 1.807) is 10.8 Å². The summed E-state index contributed by atoms with van der Waals surface area (Å²) in [6.07, 6.45) is 3.95. The second-order valence-electron chi connectivity index (χ2n) is 7.29. The first kappa shape index (κ1) is 18.7. The van der Waals surface area contributed by atoms with Gasteiger partial charge >= 0.3 is 0 Å². The van der Waals surface area contributed by atoms with Crippen LogP contribution in [0.2, 0.25) is 5.02 Å². The largest absolute Gasteiger partial charge is 0.355 e. The van der Waals surface area contributed by atoms with E-state index in [9.17, 15) is 4.79 Å². The van der Waals surface area contributed by atoms with Crippen molar-refractivity contribution in [3.8, 4) is 0 Å². The van der Waals surface area contributed by atoms with E-state index in [0.29, 0.717) is 0 Å². The summed E-state index contributed by atoms with van der Waals surface area (Å²) in [6.45, 7) is 3.63. The molecule has 4 rings (SSSR count). The van der Waals surface area contributed by atoms with Gasteiger partial charge in [0.15, 0.2) is 5.65 Å². The van der Waals surface area contributed by atoms with E-state index in [4.69, 9.17) is 11.6 Å². The van der Waals surface area contributed by atoms with Gasteiger partial charge in [-0.25, -0.2) is 0 Å². The van der Waals surface area contributed by atoms with Crippen LogP contribution in [0.5, 0.6) is 0 Å². The minimum atomic E-state index is 0.0311. The monoisotopic (exact) mass is 398 g/mol. The van der Waals surface area contributed by atoms with Gasteiger partial charge in [-0.2, -0.15) is 4.52 Å². The van der Waals surface area contributed by atoms with Gasteiger partial charge in [-0.05, 0) is 49.9 Å². The number of hydrogen-bond donors (Lipinski definition) is 1. The standard InChI is InChI=1S/C20H23ClN6O/c1-14(12-16-4-2-3-5-17(16)21)23-20(28)15-8-10-26(11-9-15)19-7-6-18-24-22-13-27(18)25-19/h2-7,13-15H,8-12H2,1H3,(H,23,28)/t14-/m1/s1. The summed E-state index contributed by atoms with van der Waals surface area (Å²) in [5.41, 5.74) is 1.78. The third-order valence-electron chi connectivity index (χ3n) is 5.21. The zero-order valence-electron chi connectivity index (χ0n) is 15.8. The van der Waals surface area contributed by atoms with Crippen molar-refractivity contribution < 1.29 is 4.79 Å². The summed E-state index contributed by atoms with van der Waals surface area (Å²) in [6, 6.07) is 11.7. The molecule has 7 nitrogen and oxygen atoms in total. The first-order valence-corrected chi connectivity index (χ1v) is 9.94. The molecule has 0 radical (unpaired) electrons. The number of benzene rings is 1. The summed E-state index contributed by atoms with van der Waals surface area (Å²) >= 11 is 6.22. The number of fused-ring (bicyclic) bond motifs is 1. The van der Waals surface area contributed by atoms with E-state index in [-0.39, 0.29) is 17.9 Å². The number of carbonyl (C=O) groups excluding carboxylic acids is 1. The molecule has 1 N–H and O–H groups in total.